The Balaban J connectivity index is 1.90. The molecule has 2 aromatic carbocycles. The molecule has 0 saturated heterocycles. The van der Waals surface area contributed by atoms with E-state index in [4.69, 9.17) is 0 Å². The molecule has 0 radical (unpaired) electrons. The van der Waals surface area contributed by atoms with Crippen molar-refractivity contribution in [3.05, 3.63) is 71.8 Å². The number of nitrogens with zero attached hydrogens (tertiary/aromatic N) is 3. The van der Waals surface area contributed by atoms with Crippen molar-refractivity contribution in [2.75, 3.05) is 21.9 Å². The predicted molar refractivity (Wildman–Crippen MR) is 131 cm³/mol. The Morgan fingerprint density at radius 1 is 1.12 bits per heavy atom. The van der Waals surface area contributed by atoms with Gasteiger partial charge in [-0.3, -0.25) is 14.4 Å². The molecule has 0 aliphatic rings. The average molecular weight is 489 g/mol. The van der Waals surface area contributed by atoms with E-state index in [1.807, 2.05) is 32.9 Å². The topological polar surface area (TPSA) is 92.3 Å². The van der Waals surface area contributed by atoms with Crippen LogP contribution >= 0.6 is 23.1 Å². The fourth-order valence-electron chi connectivity index (χ4n) is 2.96. The molecule has 0 spiro atoms. The first-order valence-corrected chi connectivity index (χ1v) is 13.0. The Morgan fingerprint density at radius 3 is 2.47 bits per heavy atom. The molecule has 0 unspecified atom stereocenters. The summed E-state index contributed by atoms with van der Waals surface area (Å²) in [7, 11) is -3.98. The van der Waals surface area contributed by atoms with Crippen molar-refractivity contribution < 1.29 is 13.2 Å². The van der Waals surface area contributed by atoms with Crippen molar-refractivity contribution >= 4 is 49.8 Å². The number of anilines is 2. The fourth-order valence-corrected chi connectivity index (χ4v) is 5.98. The molecular formula is C22H24N4O3S3. The maximum atomic E-state index is 13.5. The van der Waals surface area contributed by atoms with E-state index in [0.29, 0.717) is 20.9 Å². The van der Waals surface area contributed by atoms with Gasteiger partial charge in [-0.15, -0.1) is 16.8 Å². The molecule has 0 saturated carbocycles. The van der Waals surface area contributed by atoms with Crippen LogP contribution in [0.2, 0.25) is 0 Å². The molecule has 7 nitrogen and oxygen atoms in total. The third kappa shape index (κ3) is 5.76. The van der Waals surface area contributed by atoms with Crippen molar-refractivity contribution in [3.63, 3.8) is 0 Å². The second-order valence-corrected chi connectivity index (χ2v) is 11.2. The van der Waals surface area contributed by atoms with Gasteiger partial charge in [-0.1, -0.05) is 64.6 Å². The average Bonchev–Trinajstić information content (AvgIpc) is 3.18. The minimum atomic E-state index is -3.98. The molecule has 0 bridgehead atoms. The number of hydrogen-bond acceptors (Lipinski definition) is 7. The number of carbonyl (C=O) groups excluding carboxylic acids is 1. The van der Waals surface area contributed by atoms with Gasteiger partial charge in [-0.2, -0.15) is 0 Å². The number of rotatable bonds is 9. The normalized spacial score (nSPS) is 11.2. The number of nitrogens with one attached hydrogen (secondary N) is 1. The van der Waals surface area contributed by atoms with Crippen LogP contribution in [0.15, 0.2) is 64.4 Å². The third-order valence-corrected chi connectivity index (χ3v) is 8.24. The van der Waals surface area contributed by atoms with Gasteiger partial charge >= 0.3 is 0 Å². The second kappa shape index (κ2) is 10.3. The first kappa shape index (κ1) is 24.0. The van der Waals surface area contributed by atoms with Crippen LogP contribution in [-0.2, 0) is 14.8 Å². The number of sulfonamides is 1. The highest BCUT2D eigenvalue weighted by Crippen LogP contribution is 2.29. The summed E-state index contributed by atoms with van der Waals surface area (Å²) >= 11 is 2.68. The van der Waals surface area contributed by atoms with Gasteiger partial charge < -0.3 is 0 Å². The van der Waals surface area contributed by atoms with Crippen molar-refractivity contribution in [1.82, 2.24) is 10.2 Å². The molecule has 168 valence electrons. The van der Waals surface area contributed by atoms with E-state index in [2.05, 4.69) is 22.1 Å². The molecule has 0 aliphatic carbocycles. The monoisotopic (exact) mass is 488 g/mol. The van der Waals surface area contributed by atoms with E-state index in [0.717, 1.165) is 21.0 Å². The standard InChI is InChI=1S/C22H24N4O3S3/c1-5-12-30-22-25-24-21(31-22)23-20(27)14-26(19-11-8-16(3)13-17(19)4)32(28,29)18-9-6-15(2)7-10-18/h5-11,13H,1,12,14H2,2-4H3,(H,23,24,27). The maximum Gasteiger partial charge on any atom is 0.264 e. The van der Waals surface area contributed by atoms with Crippen LogP contribution in [-0.4, -0.2) is 36.8 Å². The van der Waals surface area contributed by atoms with Gasteiger partial charge in [0.25, 0.3) is 10.0 Å². The molecule has 3 rings (SSSR count). The van der Waals surface area contributed by atoms with Crippen molar-refractivity contribution in [1.29, 1.82) is 0 Å². The summed E-state index contributed by atoms with van der Waals surface area (Å²) in [5.41, 5.74) is 3.15. The Labute approximate surface area is 196 Å². The molecule has 1 N–H and O–H groups in total. The Kier molecular flexibility index (Phi) is 7.70. The quantitative estimate of drug-likeness (QED) is 0.269. The minimum Gasteiger partial charge on any atom is -0.299 e. The number of hydrogen-bond donors (Lipinski definition) is 1. The van der Waals surface area contributed by atoms with Gasteiger partial charge in [0.1, 0.15) is 6.54 Å². The van der Waals surface area contributed by atoms with Crippen LogP contribution in [0.25, 0.3) is 0 Å². The lowest BCUT2D eigenvalue weighted by Crippen LogP contribution is -2.38. The van der Waals surface area contributed by atoms with Gasteiger partial charge in [0, 0.05) is 5.75 Å². The molecule has 1 aromatic heterocycles. The lowest BCUT2D eigenvalue weighted by atomic mass is 10.1. The summed E-state index contributed by atoms with van der Waals surface area (Å²) in [4.78, 5) is 12.9. The van der Waals surface area contributed by atoms with E-state index in [-0.39, 0.29) is 4.90 Å². The highest BCUT2D eigenvalue weighted by Gasteiger charge is 2.28. The summed E-state index contributed by atoms with van der Waals surface area (Å²) < 4.78 is 28.8. The number of benzene rings is 2. The molecule has 1 heterocycles. The molecule has 32 heavy (non-hydrogen) atoms. The predicted octanol–water partition coefficient (Wildman–Crippen LogP) is 4.58. The first-order valence-electron chi connectivity index (χ1n) is 9.74. The number of aryl methyl sites for hydroxylation is 3. The molecule has 3 aromatic rings. The van der Waals surface area contributed by atoms with Crippen LogP contribution in [0.3, 0.4) is 0 Å². The van der Waals surface area contributed by atoms with Crippen LogP contribution in [0, 0.1) is 20.8 Å². The van der Waals surface area contributed by atoms with Gasteiger partial charge in [-0.25, -0.2) is 8.42 Å². The molecular weight excluding hydrogens is 464 g/mol. The molecule has 1 amide bonds. The van der Waals surface area contributed by atoms with Crippen molar-refractivity contribution in [2.24, 2.45) is 0 Å². The molecule has 0 atom stereocenters. The van der Waals surface area contributed by atoms with Gasteiger partial charge in [0.05, 0.1) is 10.6 Å². The van der Waals surface area contributed by atoms with E-state index >= 15 is 0 Å². The molecule has 0 fully saturated rings. The van der Waals surface area contributed by atoms with Crippen LogP contribution in [0.1, 0.15) is 16.7 Å². The zero-order chi connectivity index (χ0) is 23.3. The van der Waals surface area contributed by atoms with Crippen LogP contribution in [0.4, 0.5) is 10.8 Å². The summed E-state index contributed by atoms with van der Waals surface area (Å²) in [5.74, 6) is 0.176. The Hall–Kier alpha value is -2.69. The van der Waals surface area contributed by atoms with Gasteiger partial charge in [0.15, 0.2) is 4.34 Å². The number of amides is 1. The van der Waals surface area contributed by atoms with E-state index in [9.17, 15) is 13.2 Å². The fraction of sp³-hybridized carbons (Fsp3) is 0.227. The van der Waals surface area contributed by atoms with E-state index in [1.54, 1.807) is 36.4 Å². The summed E-state index contributed by atoms with van der Waals surface area (Å²) in [6, 6.07) is 12.0. The van der Waals surface area contributed by atoms with Crippen molar-refractivity contribution in [3.8, 4) is 0 Å². The largest absolute Gasteiger partial charge is 0.299 e. The van der Waals surface area contributed by atoms with Crippen LogP contribution in [0.5, 0.6) is 0 Å². The third-order valence-electron chi connectivity index (χ3n) is 4.49. The zero-order valence-corrected chi connectivity index (χ0v) is 20.5. The van der Waals surface area contributed by atoms with Crippen molar-refractivity contribution in [2.45, 2.75) is 30.0 Å². The smallest absolute Gasteiger partial charge is 0.264 e. The first-order chi connectivity index (χ1) is 15.2. The maximum absolute atomic E-state index is 13.5. The Morgan fingerprint density at radius 2 is 1.81 bits per heavy atom. The Bertz CT molecular complexity index is 1220. The minimum absolute atomic E-state index is 0.120. The zero-order valence-electron chi connectivity index (χ0n) is 18.0. The lowest BCUT2D eigenvalue weighted by molar-refractivity contribution is -0.114. The number of thioether (sulfide) groups is 1. The van der Waals surface area contributed by atoms with E-state index < -0.39 is 22.5 Å². The highest BCUT2D eigenvalue weighted by molar-refractivity contribution is 8.01. The van der Waals surface area contributed by atoms with Gasteiger partial charge in [-0.05, 0) is 44.5 Å². The van der Waals surface area contributed by atoms with Gasteiger partial charge in [0.2, 0.25) is 11.0 Å². The number of carbonyl (C=O) groups is 1. The molecule has 10 heteroatoms. The summed E-state index contributed by atoms with van der Waals surface area (Å²) in [6.45, 7) is 8.91. The summed E-state index contributed by atoms with van der Waals surface area (Å²) in [5, 5.41) is 10.9. The van der Waals surface area contributed by atoms with Crippen LogP contribution < -0.4 is 9.62 Å². The number of aromatic nitrogens is 2. The van der Waals surface area contributed by atoms with E-state index in [1.165, 1.54) is 23.1 Å². The molecule has 0 aliphatic heterocycles. The highest BCUT2D eigenvalue weighted by atomic mass is 32.2. The summed E-state index contributed by atoms with van der Waals surface area (Å²) in [6.07, 6.45) is 1.75. The SMILES string of the molecule is C=CCSc1nnc(NC(=O)CN(c2ccc(C)cc2C)S(=O)(=O)c2ccc(C)cc2)s1. The second-order valence-electron chi connectivity index (χ2n) is 7.14. The lowest BCUT2D eigenvalue weighted by Gasteiger charge is -2.25.